The third-order valence-electron chi connectivity index (χ3n) is 4.48. The van der Waals surface area contributed by atoms with Crippen molar-refractivity contribution in [1.29, 1.82) is 0 Å². The summed E-state index contributed by atoms with van der Waals surface area (Å²) in [6, 6.07) is 20.5. The van der Waals surface area contributed by atoms with Crippen LogP contribution in [-0.2, 0) is 6.42 Å². The fourth-order valence-corrected chi connectivity index (χ4v) is 3.14. The van der Waals surface area contributed by atoms with E-state index in [1.165, 1.54) is 5.56 Å². The Bertz CT molecular complexity index is 1070. The number of nitrogens with zero attached hydrogens (tertiary/aromatic N) is 3. The second-order valence-electron chi connectivity index (χ2n) is 6.35. The largest absolute Gasteiger partial charge is 0.383 e. The molecule has 0 radical (unpaired) electrons. The molecular formula is C21H21N5. The molecule has 0 saturated carbocycles. The third kappa shape index (κ3) is 2.88. The second kappa shape index (κ2) is 6.52. The van der Waals surface area contributed by atoms with Crippen LogP contribution in [0, 0.1) is 6.92 Å². The Morgan fingerprint density at radius 1 is 1.00 bits per heavy atom. The standard InChI is InChI=1S/C21H21N5/c1-3-15-7-6-9-17(12-15)26(20-11-14(2)24-25-20)19-13-16-8-4-5-10-18(16)21(22)23-19/h4-13H,3H2,1-2H3,(H2,22,23)(H,24,25). The Morgan fingerprint density at radius 3 is 2.62 bits per heavy atom. The van der Waals surface area contributed by atoms with Crippen LogP contribution in [0.3, 0.4) is 0 Å². The predicted octanol–water partition coefficient (Wildman–Crippen LogP) is 4.88. The molecule has 26 heavy (non-hydrogen) atoms. The number of anilines is 4. The molecule has 5 nitrogen and oxygen atoms in total. The maximum absolute atomic E-state index is 6.25. The van der Waals surface area contributed by atoms with Crippen LogP contribution < -0.4 is 10.6 Å². The van der Waals surface area contributed by atoms with Crippen LogP contribution in [0.15, 0.2) is 60.7 Å². The molecule has 2 aromatic heterocycles. The van der Waals surface area contributed by atoms with Gasteiger partial charge >= 0.3 is 0 Å². The summed E-state index contributed by atoms with van der Waals surface area (Å²) in [5.74, 6) is 2.06. The zero-order chi connectivity index (χ0) is 18.1. The van der Waals surface area contributed by atoms with Crippen LogP contribution in [0.1, 0.15) is 18.2 Å². The Labute approximate surface area is 152 Å². The van der Waals surface area contributed by atoms with Crippen LogP contribution in [0.25, 0.3) is 10.8 Å². The first-order valence-electron chi connectivity index (χ1n) is 8.72. The summed E-state index contributed by atoms with van der Waals surface area (Å²) in [5, 5.41) is 9.48. The average molecular weight is 343 g/mol. The molecule has 5 heteroatoms. The number of aryl methyl sites for hydroxylation is 2. The summed E-state index contributed by atoms with van der Waals surface area (Å²) in [7, 11) is 0. The molecule has 0 bridgehead atoms. The monoisotopic (exact) mass is 343 g/mol. The van der Waals surface area contributed by atoms with Gasteiger partial charge in [-0.3, -0.25) is 10.00 Å². The van der Waals surface area contributed by atoms with Crippen LogP contribution >= 0.6 is 0 Å². The molecule has 0 aliphatic heterocycles. The Morgan fingerprint density at radius 2 is 1.85 bits per heavy atom. The quantitative estimate of drug-likeness (QED) is 0.554. The SMILES string of the molecule is CCc1cccc(N(c2cc(C)[nH]n2)c2cc3ccccc3c(N)n2)c1. The Balaban J connectivity index is 1.93. The maximum Gasteiger partial charge on any atom is 0.160 e. The average Bonchev–Trinajstić information content (AvgIpc) is 3.08. The van der Waals surface area contributed by atoms with Crippen LogP contribution in [0.2, 0.25) is 0 Å². The first-order chi connectivity index (χ1) is 12.7. The second-order valence-corrected chi connectivity index (χ2v) is 6.35. The van der Waals surface area contributed by atoms with E-state index in [9.17, 15) is 0 Å². The molecule has 3 N–H and O–H groups in total. The number of nitrogens with one attached hydrogen (secondary N) is 1. The molecule has 0 atom stereocenters. The van der Waals surface area contributed by atoms with E-state index in [1.54, 1.807) is 0 Å². The van der Waals surface area contributed by atoms with E-state index >= 15 is 0 Å². The minimum Gasteiger partial charge on any atom is -0.383 e. The van der Waals surface area contributed by atoms with Crippen molar-refractivity contribution in [2.45, 2.75) is 20.3 Å². The fraction of sp³-hybridized carbons (Fsp3) is 0.143. The van der Waals surface area contributed by atoms with E-state index < -0.39 is 0 Å². The van der Waals surface area contributed by atoms with Crippen LogP contribution in [-0.4, -0.2) is 15.2 Å². The summed E-state index contributed by atoms with van der Waals surface area (Å²) in [4.78, 5) is 6.70. The molecule has 0 spiro atoms. The number of pyridine rings is 1. The van der Waals surface area contributed by atoms with Crippen molar-refractivity contribution in [3.8, 4) is 0 Å². The van der Waals surface area contributed by atoms with Gasteiger partial charge in [0.15, 0.2) is 5.82 Å². The molecule has 0 unspecified atom stereocenters. The summed E-state index contributed by atoms with van der Waals surface area (Å²) in [5.41, 5.74) is 9.51. The van der Waals surface area contributed by atoms with Gasteiger partial charge in [-0.05, 0) is 42.5 Å². The molecule has 0 aliphatic rings. The Hall–Kier alpha value is -3.34. The van der Waals surface area contributed by atoms with E-state index in [-0.39, 0.29) is 0 Å². The highest BCUT2D eigenvalue weighted by Crippen LogP contribution is 2.35. The summed E-state index contributed by atoms with van der Waals surface area (Å²) in [6.07, 6.45) is 0.967. The smallest absolute Gasteiger partial charge is 0.160 e. The van der Waals surface area contributed by atoms with Crippen LogP contribution in [0.4, 0.5) is 23.1 Å². The zero-order valence-electron chi connectivity index (χ0n) is 14.9. The van der Waals surface area contributed by atoms with Gasteiger partial charge in [0.2, 0.25) is 0 Å². The summed E-state index contributed by atoms with van der Waals surface area (Å²) < 4.78 is 0. The molecule has 0 aliphatic carbocycles. The van der Waals surface area contributed by atoms with Crippen molar-refractivity contribution in [2.75, 3.05) is 10.6 Å². The number of hydrogen-bond donors (Lipinski definition) is 2. The number of aromatic nitrogens is 3. The molecule has 0 amide bonds. The number of aromatic amines is 1. The Kier molecular flexibility index (Phi) is 4.05. The molecule has 0 saturated heterocycles. The molecule has 0 fully saturated rings. The van der Waals surface area contributed by atoms with E-state index in [0.717, 1.165) is 40.2 Å². The van der Waals surface area contributed by atoms with Gasteiger partial charge in [0.1, 0.15) is 11.6 Å². The van der Waals surface area contributed by atoms with E-state index in [4.69, 9.17) is 5.73 Å². The molecule has 4 aromatic rings. The van der Waals surface area contributed by atoms with Crippen molar-refractivity contribution >= 4 is 33.9 Å². The van der Waals surface area contributed by atoms with Crippen molar-refractivity contribution in [1.82, 2.24) is 15.2 Å². The van der Waals surface area contributed by atoms with E-state index in [1.807, 2.05) is 48.2 Å². The molecule has 4 rings (SSSR count). The van der Waals surface area contributed by atoms with Gasteiger partial charge in [0.25, 0.3) is 0 Å². The highest BCUT2D eigenvalue weighted by atomic mass is 15.3. The predicted molar refractivity (Wildman–Crippen MR) is 107 cm³/mol. The van der Waals surface area contributed by atoms with Crippen molar-refractivity contribution in [3.63, 3.8) is 0 Å². The first kappa shape index (κ1) is 16.1. The first-order valence-corrected chi connectivity index (χ1v) is 8.72. The number of rotatable bonds is 4. The highest BCUT2D eigenvalue weighted by Gasteiger charge is 2.18. The normalized spacial score (nSPS) is 11.0. The molecule has 130 valence electrons. The van der Waals surface area contributed by atoms with Gasteiger partial charge in [-0.2, -0.15) is 5.10 Å². The lowest BCUT2D eigenvalue weighted by atomic mass is 10.1. The summed E-state index contributed by atoms with van der Waals surface area (Å²) in [6.45, 7) is 4.13. The third-order valence-corrected chi connectivity index (χ3v) is 4.48. The van der Waals surface area contributed by atoms with Gasteiger partial charge in [-0.15, -0.1) is 0 Å². The molecule has 2 heterocycles. The van der Waals surface area contributed by atoms with Gasteiger partial charge in [0.05, 0.1) is 0 Å². The van der Waals surface area contributed by atoms with Gasteiger partial charge in [0, 0.05) is 22.8 Å². The van der Waals surface area contributed by atoms with Crippen LogP contribution in [0.5, 0.6) is 0 Å². The number of hydrogen-bond acceptors (Lipinski definition) is 4. The van der Waals surface area contributed by atoms with Crippen molar-refractivity contribution < 1.29 is 0 Å². The lowest BCUT2D eigenvalue weighted by Crippen LogP contribution is -2.13. The van der Waals surface area contributed by atoms with Gasteiger partial charge in [-0.1, -0.05) is 43.3 Å². The minimum absolute atomic E-state index is 0.516. The van der Waals surface area contributed by atoms with E-state index in [0.29, 0.717) is 5.82 Å². The van der Waals surface area contributed by atoms with Gasteiger partial charge < -0.3 is 5.73 Å². The number of benzene rings is 2. The van der Waals surface area contributed by atoms with Crippen molar-refractivity contribution in [2.24, 2.45) is 0 Å². The van der Waals surface area contributed by atoms with Gasteiger partial charge in [-0.25, -0.2) is 4.98 Å². The fourth-order valence-electron chi connectivity index (χ4n) is 3.14. The number of H-pyrrole nitrogens is 1. The molecular weight excluding hydrogens is 322 g/mol. The molecule has 2 aromatic carbocycles. The topological polar surface area (TPSA) is 70.8 Å². The number of nitrogens with two attached hydrogens (primary N) is 1. The lowest BCUT2D eigenvalue weighted by Gasteiger charge is -2.23. The zero-order valence-corrected chi connectivity index (χ0v) is 14.9. The number of nitrogen functional groups attached to an aromatic ring is 1. The number of fused-ring (bicyclic) bond motifs is 1. The van der Waals surface area contributed by atoms with Crippen molar-refractivity contribution in [3.05, 3.63) is 71.9 Å². The van der Waals surface area contributed by atoms with E-state index in [2.05, 4.69) is 46.4 Å². The lowest BCUT2D eigenvalue weighted by molar-refractivity contribution is 1.02. The highest BCUT2D eigenvalue weighted by molar-refractivity contribution is 5.94. The maximum atomic E-state index is 6.25. The summed E-state index contributed by atoms with van der Waals surface area (Å²) >= 11 is 0. The minimum atomic E-state index is 0.516.